The van der Waals surface area contributed by atoms with Crippen molar-refractivity contribution in [2.75, 3.05) is 11.1 Å². The van der Waals surface area contributed by atoms with Crippen LogP contribution in [0.3, 0.4) is 0 Å². The average molecular weight is 279 g/mol. The molecule has 2 aromatic carbocycles. The van der Waals surface area contributed by atoms with E-state index < -0.39 is 11.7 Å². The maximum atomic E-state index is 13.6. The first-order valence-corrected chi connectivity index (χ1v) is 5.97. The van der Waals surface area contributed by atoms with Crippen molar-refractivity contribution in [3.8, 4) is 0 Å². The summed E-state index contributed by atoms with van der Waals surface area (Å²) >= 11 is 5.88. The molecule has 0 aliphatic carbocycles. The lowest BCUT2D eigenvalue weighted by Crippen LogP contribution is -2.14. The Balaban J connectivity index is 2.31. The molecule has 5 heteroatoms. The van der Waals surface area contributed by atoms with Gasteiger partial charge in [-0.25, -0.2) is 4.39 Å². The van der Waals surface area contributed by atoms with Crippen molar-refractivity contribution in [1.29, 1.82) is 0 Å². The number of nitrogens with two attached hydrogens (primary N) is 1. The standard InChI is InChI=1S/C14H12ClFN2O/c1-8-5-9(7-10(15)6-8)14(19)18-13-11(16)3-2-4-12(13)17/h2-7H,17H2,1H3,(H,18,19). The van der Waals surface area contributed by atoms with Gasteiger partial charge in [-0.2, -0.15) is 0 Å². The van der Waals surface area contributed by atoms with Crippen molar-refractivity contribution in [2.24, 2.45) is 0 Å². The zero-order chi connectivity index (χ0) is 14.0. The van der Waals surface area contributed by atoms with Crippen LogP contribution in [0.5, 0.6) is 0 Å². The highest BCUT2D eigenvalue weighted by Gasteiger charge is 2.12. The predicted octanol–water partition coefficient (Wildman–Crippen LogP) is 3.62. The maximum absolute atomic E-state index is 13.6. The van der Waals surface area contributed by atoms with E-state index in [2.05, 4.69) is 5.32 Å². The van der Waals surface area contributed by atoms with Crippen LogP contribution in [-0.4, -0.2) is 5.91 Å². The number of benzene rings is 2. The van der Waals surface area contributed by atoms with E-state index in [1.165, 1.54) is 24.3 Å². The van der Waals surface area contributed by atoms with E-state index in [4.69, 9.17) is 17.3 Å². The molecule has 2 rings (SSSR count). The minimum Gasteiger partial charge on any atom is -0.397 e. The molecule has 0 bridgehead atoms. The molecule has 0 heterocycles. The smallest absolute Gasteiger partial charge is 0.255 e. The Morgan fingerprint density at radius 3 is 2.68 bits per heavy atom. The number of amides is 1. The van der Waals surface area contributed by atoms with Gasteiger partial charge in [0.25, 0.3) is 5.91 Å². The second-order valence-electron chi connectivity index (χ2n) is 4.18. The normalized spacial score (nSPS) is 10.3. The number of carbonyl (C=O) groups excluding carboxylic acids is 1. The minimum atomic E-state index is -0.577. The summed E-state index contributed by atoms with van der Waals surface area (Å²) in [5.74, 6) is -1.03. The van der Waals surface area contributed by atoms with E-state index in [-0.39, 0.29) is 11.4 Å². The summed E-state index contributed by atoms with van der Waals surface area (Å²) in [5.41, 5.74) is 6.98. The van der Waals surface area contributed by atoms with E-state index in [0.29, 0.717) is 10.6 Å². The summed E-state index contributed by atoms with van der Waals surface area (Å²) in [6.45, 7) is 1.82. The number of nitrogen functional groups attached to an aromatic ring is 1. The van der Waals surface area contributed by atoms with Gasteiger partial charge in [-0.3, -0.25) is 4.79 Å². The van der Waals surface area contributed by atoms with Gasteiger partial charge in [0.05, 0.1) is 5.69 Å². The van der Waals surface area contributed by atoms with Gasteiger partial charge >= 0.3 is 0 Å². The Morgan fingerprint density at radius 1 is 1.32 bits per heavy atom. The molecule has 2 aromatic rings. The second-order valence-corrected chi connectivity index (χ2v) is 4.61. The Bertz CT molecular complexity index is 603. The van der Waals surface area contributed by atoms with Gasteiger partial charge in [-0.05, 0) is 42.8 Å². The average Bonchev–Trinajstić information content (AvgIpc) is 2.32. The Morgan fingerprint density at radius 2 is 2.05 bits per heavy atom. The maximum Gasteiger partial charge on any atom is 0.255 e. The van der Waals surface area contributed by atoms with Gasteiger partial charge in [-0.15, -0.1) is 0 Å². The largest absolute Gasteiger partial charge is 0.397 e. The second kappa shape index (κ2) is 5.28. The van der Waals surface area contributed by atoms with Crippen molar-refractivity contribution in [2.45, 2.75) is 6.92 Å². The molecule has 0 aliphatic rings. The molecule has 0 saturated heterocycles. The fourth-order valence-corrected chi connectivity index (χ4v) is 2.02. The van der Waals surface area contributed by atoms with Crippen LogP contribution in [0.2, 0.25) is 5.02 Å². The molecule has 0 spiro atoms. The highest BCUT2D eigenvalue weighted by molar-refractivity contribution is 6.31. The third kappa shape index (κ3) is 3.03. The summed E-state index contributed by atoms with van der Waals surface area (Å²) in [4.78, 5) is 12.0. The number of carbonyl (C=O) groups is 1. The Hall–Kier alpha value is -2.07. The number of hydrogen-bond acceptors (Lipinski definition) is 2. The summed E-state index contributed by atoms with van der Waals surface area (Å²) in [6, 6.07) is 9.13. The molecule has 3 nitrogen and oxygen atoms in total. The van der Waals surface area contributed by atoms with Crippen LogP contribution in [0.4, 0.5) is 15.8 Å². The summed E-state index contributed by atoms with van der Waals surface area (Å²) in [5, 5.41) is 2.90. The molecule has 0 fully saturated rings. The number of rotatable bonds is 2. The van der Waals surface area contributed by atoms with Crippen LogP contribution in [0.1, 0.15) is 15.9 Å². The molecule has 0 radical (unpaired) electrons. The highest BCUT2D eigenvalue weighted by Crippen LogP contribution is 2.23. The number of nitrogens with one attached hydrogen (secondary N) is 1. The van der Waals surface area contributed by atoms with Gasteiger partial charge in [-0.1, -0.05) is 17.7 Å². The van der Waals surface area contributed by atoms with Gasteiger partial charge in [0.1, 0.15) is 11.5 Å². The molecule has 0 aromatic heterocycles. The van der Waals surface area contributed by atoms with Gasteiger partial charge in [0.15, 0.2) is 0 Å². The van der Waals surface area contributed by atoms with E-state index in [1.807, 2.05) is 6.92 Å². The van der Waals surface area contributed by atoms with Crippen LogP contribution in [0, 0.1) is 12.7 Å². The molecule has 0 atom stereocenters. The van der Waals surface area contributed by atoms with E-state index in [1.54, 1.807) is 12.1 Å². The number of hydrogen-bond donors (Lipinski definition) is 2. The molecular formula is C14H12ClFN2O. The van der Waals surface area contributed by atoms with Crippen LogP contribution in [0.25, 0.3) is 0 Å². The highest BCUT2D eigenvalue weighted by atomic mass is 35.5. The first-order valence-electron chi connectivity index (χ1n) is 5.60. The first kappa shape index (κ1) is 13.4. The third-order valence-electron chi connectivity index (χ3n) is 2.59. The molecule has 0 unspecified atom stereocenters. The Labute approximate surface area is 115 Å². The monoisotopic (exact) mass is 278 g/mol. The summed E-state index contributed by atoms with van der Waals surface area (Å²) in [7, 11) is 0. The van der Waals surface area contributed by atoms with Crippen molar-refractivity contribution in [3.05, 3.63) is 58.4 Å². The molecule has 3 N–H and O–H groups in total. The number of aryl methyl sites for hydroxylation is 1. The topological polar surface area (TPSA) is 55.1 Å². The van der Waals surface area contributed by atoms with E-state index in [9.17, 15) is 9.18 Å². The van der Waals surface area contributed by atoms with Crippen LogP contribution in [0.15, 0.2) is 36.4 Å². The fourth-order valence-electron chi connectivity index (χ4n) is 1.73. The van der Waals surface area contributed by atoms with Crippen molar-refractivity contribution < 1.29 is 9.18 Å². The predicted molar refractivity (Wildman–Crippen MR) is 75.0 cm³/mol. The van der Waals surface area contributed by atoms with E-state index >= 15 is 0 Å². The van der Waals surface area contributed by atoms with Crippen molar-refractivity contribution >= 4 is 28.9 Å². The zero-order valence-corrected chi connectivity index (χ0v) is 11.0. The third-order valence-corrected chi connectivity index (χ3v) is 2.81. The molecule has 98 valence electrons. The molecule has 19 heavy (non-hydrogen) atoms. The molecule has 1 amide bonds. The summed E-state index contributed by atoms with van der Waals surface area (Å²) in [6.07, 6.45) is 0. The minimum absolute atomic E-state index is 0.0230. The van der Waals surface area contributed by atoms with Crippen molar-refractivity contribution in [1.82, 2.24) is 0 Å². The number of halogens is 2. The summed E-state index contributed by atoms with van der Waals surface area (Å²) < 4.78 is 13.6. The molecular weight excluding hydrogens is 267 g/mol. The SMILES string of the molecule is Cc1cc(Cl)cc(C(=O)Nc2c(N)cccc2F)c1. The van der Waals surface area contributed by atoms with E-state index in [0.717, 1.165) is 5.56 Å². The fraction of sp³-hybridized carbons (Fsp3) is 0.0714. The van der Waals surface area contributed by atoms with Gasteiger partial charge in [0, 0.05) is 10.6 Å². The lowest BCUT2D eigenvalue weighted by Gasteiger charge is -2.09. The quantitative estimate of drug-likeness (QED) is 0.824. The lowest BCUT2D eigenvalue weighted by atomic mass is 10.1. The van der Waals surface area contributed by atoms with Crippen molar-refractivity contribution in [3.63, 3.8) is 0 Å². The zero-order valence-electron chi connectivity index (χ0n) is 10.2. The number of para-hydroxylation sites is 1. The lowest BCUT2D eigenvalue weighted by molar-refractivity contribution is 0.102. The van der Waals surface area contributed by atoms with Gasteiger partial charge in [0.2, 0.25) is 0 Å². The van der Waals surface area contributed by atoms with Crippen LogP contribution < -0.4 is 11.1 Å². The molecule has 0 aliphatic heterocycles. The van der Waals surface area contributed by atoms with Crippen LogP contribution in [-0.2, 0) is 0 Å². The van der Waals surface area contributed by atoms with Crippen LogP contribution >= 0.6 is 11.6 Å². The molecule has 0 saturated carbocycles. The Kier molecular flexibility index (Phi) is 3.71. The number of anilines is 2. The van der Waals surface area contributed by atoms with Gasteiger partial charge < -0.3 is 11.1 Å². The first-order chi connectivity index (χ1) is 8.97.